The Hall–Kier alpha value is -0.610. The maximum absolute atomic E-state index is 10.4. The number of rotatable bonds is 5. The van der Waals surface area contributed by atoms with Crippen molar-refractivity contribution in [3.8, 4) is 0 Å². The molecule has 0 aliphatic rings. The second-order valence-corrected chi connectivity index (χ2v) is 2.97. The molecule has 0 spiro atoms. The van der Waals surface area contributed by atoms with Crippen molar-refractivity contribution < 1.29 is 9.90 Å². The minimum Gasteiger partial charge on any atom is -0.392 e. The average molecular weight is 174 g/mol. The third-order valence-corrected chi connectivity index (χ3v) is 1.69. The number of carbonyl (C=O) groups excluding carboxylic acids is 1. The van der Waals surface area contributed by atoms with Crippen molar-refractivity contribution in [1.29, 1.82) is 0 Å². The van der Waals surface area contributed by atoms with Crippen LogP contribution < -0.4 is 10.6 Å². The normalized spacial score (nSPS) is 15.3. The van der Waals surface area contributed by atoms with Crippen LogP contribution in [-0.4, -0.2) is 36.2 Å². The first-order chi connectivity index (χ1) is 5.54. The summed E-state index contributed by atoms with van der Waals surface area (Å²) in [5.74, 6) is -0.0264. The zero-order chi connectivity index (χ0) is 9.56. The molecular weight excluding hydrogens is 156 g/mol. The number of nitrogens with one attached hydrogen (secondary N) is 2. The van der Waals surface area contributed by atoms with Gasteiger partial charge in [-0.25, -0.2) is 0 Å². The zero-order valence-electron chi connectivity index (χ0n) is 7.92. The molecule has 4 nitrogen and oxygen atoms in total. The lowest BCUT2D eigenvalue weighted by atomic mass is 10.2. The van der Waals surface area contributed by atoms with E-state index in [1.807, 2.05) is 6.92 Å². The van der Waals surface area contributed by atoms with E-state index in [4.69, 9.17) is 5.11 Å². The first-order valence-corrected chi connectivity index (χ1v) is 4.20. The van der Waals surface area contributed by atoms with Crippen molar-refractivity contribution in [3.05, 3.63) is 0 Å². The second-order valence-electron chi connectivity index (χ2n) is 2.97. The zero-order valence-corrected chi connectivity index (χ0v) is 7.92. The van der Waals surface area contributed by atoms with Crippen LogP contribution in [0.3, 0.4) is 0 Å². The summed E-state index contributed by atoms with van der Waals surface area (Å²) in [5.41, 5.74) is 0. The Morgan fingerprint density at radius 3 is 2.42 bits per heavy atom. The maximum atomic E-state index is 10.4. The molecule has 0 radical (unpaired) electrons. The van der Waals surface area contributed by atoms with E-state index in [0.29, 0.717) is 13.1 Å². The topological polar surface area (TPSA) is 61.4 Å². The van der Waals surface area contributed by atoms with Gasteiger partial charge in [0.25, 0.3) is 0 Å². The third kappa shape index (κ3) is 6.12. The van der Waals surface area contributed by atoms with Crippen LogP contribution >= 0.6 is 0 Å². The molecule has 0 aromatic heterocycles. The smallest absolute Gasteiger partial charge is 0.216 e. The average Bonchev–Trinajstić information content (AvgIpc) is 1.97. The quantitative estimate of drug-likeness (QED) is 0.492. The van der Waals surface area contributed by atoms with E-state index in [-0.39, 0.29) is 18.1 Å². The van der Waals surface area contributed by atoms with Gasteiger partial charge in [-0.2, -0.15) is 0 Å². The first-order valence-electron chi connectivity index (χ1n) is 4.20. The van der Waals surface area contributed by atoms with Gasteiger partial charge >= 0.3 is 0 Å². The van der Waals surface area contributed by atoms with Crippen molar-refractivity contribution in [3.63, 3.8) is 0 Å². The van der Waals surface area contributed by atoms with Gasteiger partial charge in [-0.3, -0.25) is 4.79 Å². The molecule has 0 fully saturated rings. The van der Waals surface area contributed by atoms with Gasteiger partial charge < -0.3 is 15.7 Å². The number of aliphatic hydroxyl groups is 1. The molecule has 1 amide bonds. The van der Waals surface area contributed by atoms with E-state index < -0.39 is 0 Å². The molecule has 0 saturated carbocycles. The Labute approximate surface area is 73.3 Å². The molecular formula is C8H18N2O2. The Morgan fingerprint density at radius 2 is 2.00 bits per heavy atom. The SMILES string of the molecule is CC(=O)NCCNC(C)C(C)O. The summed E-state index contributed by atoms with van der Waals surface area (Å²) in [4.78, 5) is 10.4. The fourth-order valence-electron chi connectivity index (χ4n) is 0.709. The van der Waals surface area contributed by atoms with Gasteiger partial charge in [0.2, 0.25) is 5.91 Å². The Balaban J connectivity index is 3.25. The van der Waals surface area contributed by atoms with Crippen LogP contribution in [0, 0.1) is 0 Å². The number of hydrogen-bond acceptors (Lipinski definition) is 3. The van der Waals surface area contributed by atoms with E-state index in [1.165, 1.54) is 6.92 Å². The predicted molar refractivity (Wildman–Crippen MR) is 47.8 cm³/mol. The molecule has 3 N–H and O–H groups in total. The lowest BCUT2D eigenvalue weighted by molar-refractivity contribution is -0.118. The van der Waals surface area contributed by atoms with Crippen LogP contribution in [0.4, 0.5) is 0 Å². The molecule has 0 aromatic carbocycles. The van der Waals surface area contributed by atoms with Gasteiger partial charge in [-0.1, -0.05) is 0 Å². The highest BCUT2D eigenvalue weighted by Gasteiger charge is 2.05. The summed E-state index contributed by atoms with van der Waals surface area (Å²) in [6.45, 7) is 6.41. The van der Waals surface area contributed by atoms with E-state index >= 15 is 0 Å². The van der Waals surface area contributed by atoms with Gasteiger partial charge in [-0.05, 0) is 13.8 Å². The fourth-order valence-corrected chi connectivity index (χ4v) is 0.709. The summed E-state index contributed by atoms with van der Waals surface area (Å²) >= 11 is 0. The fraction of sp³-hybridized carbons (Fsp3) is 0.875. The van der Waals surface area contributed by atoms with Gasteiger partial charge in [-0.15, -0.1) is 0 Å². The summed E-state index contributed by atoms with van der Waals surface area (Å²) in [6.07, 6.45) is -0.359. The number of carbonyl (C=O) groups is 1. The molecule has 12 heavy (non-hydrogen) atoms. The van der Waals surface area contributed by atoms with Crippen molar-refractivity contribution in [2.75, 3.05) is 13.1 Å². The molecule has 0 aromatic rings. The van der Waals surface area contributed by atoms with E-state index in [0.717, 1.165) is 0 Å². The Kier molecular flexibility index (Phi) is 5.66. The van der Waals surface area contributed by atoms with E-state index in [1.54, 1.807) is 6.92 Å². The number of amides is 1. The summed E-state index contributed by atoms with van der Waals surface area (Å²) in [7, 11) is 0. The molecule has 4 heteroatoms. The molecule has 0 bridgehead atoms. The maximum Gasteiger partial charge on any atom is 0.216 e. The van der Waals surface area contributed by atoms with Crippen LogP contribution in [0.5, 0.6) is 0 Å². The second kappa shape index (κ2) is 5.97. The molecule has 0 aliphatic carbocycles. The van der Waals surface area contributed by atoms with Gasteiger partial charge in [0.15, 0.2) is 0 Å². The van der Waals surface area contributed by atoms with Crippen LogP contribution in [0.15, 0.2) is 0 Å². The van der Waals surface area contributed by atoms with Crippen LogP contribution in [-0.2, 0) is 4.79 Å². The third-order valence-electron chi connectivity index (χ3n) is 1.69. The molecule has 0 aliphatic heterocycles. The molecule has 2 unspecified atom stereocenters. The van der Waals surface area contributed by atoms with Crippen molar-refractivity contribution in [2.45, 2.75) is 32.9 Å². The Morgan fingerprint density at radius 1 is 1.42 bits per heavy atom. The molecule has 0 heterocycles. The Bertz CT molecular complexity index is 137. The highest BCUT2D eigenvalue weighted by atomic mass is 16.3. The van der Waals surface area contributed by atoms with Crippen LogP contribution in [0.2, 0.25) is 0 Å². The molecule has 2 atom stereocenters. The largest absolute Gasteiger partial charge is 0.392 e. The van der Waals surface area contributed by atoms with Crippen LogP contribution in [0.25, 0.3) is 0 Å². The van der Waals surface area contributed by atoms with Crippen molar-refractivity contribution in [1.82, 2.24) is 10.6 Å². The highest BCUT2D eigenvalue weighted by Crippen LogP contribution is 1.88. The summed E-state index contributed by atoms with van der Waals surface area (Å²) < 4.78 is 0. The van der Waals surface area contributed by atoms with E-state index in [9.17, 15) is 4.79 Å². The predicted octanol–water partition coefficient (Wildman–Crippen LogP) is -0.519. The minimum absolute atomic E-state index is 0.0264. The van der Waals surface area contributed by atoms with Gasteiger partial charge in [0.1, 0.15) is 0 Å². The molecule has 72 valence electrons. The summed E-state index contributed by atoms with van der Waals surface area (Å²) in [6, 6.07) is 0.0683. The number of aliphatic hydroxyl groups excluding tert-OH is 1. The minimum atomic E-state index is -0.359. The lowest BCUT2D eigenvalue weighted by Gasteiger charge is -2.16. The van der Waals surface area contributed by atoms with Gasteiger partial charge in [0, 0.05) is 26.1 Å². The van der Waals surface area contributed by atoms with Crippen molar-refractivity contribution in [2.24, 2.45) is 0 Å². The number of hydrogen-bond donors (Lipinski definition) is 3. The standard InChI is InChI=1S/C8H18N2O2/c1-6(7(2)11)9-4-5-10-8(3)12/h6-7,9,11H,4-5H2,1-3H3,(H,10,12). The van der Waals surface area contributed by atoms with Crippen LogP contribution in [0.1, 0.15) is 20.8 Å². The molecule has 0 rings (SSSR count). The van der Waals surface area contributed by atoms with Crippen molar-refractivity contribution >= 4 is 5.91 Å². The monoisotopic (exact) mass is 174 g/mol. The molecule has 0 saturated heterocycles. The lowest BCUT2D eigenvalue weighted by Crippen LogP contribution is -2.40. The first kappa shape index (κ1) is 11.4. The highest BCUT2D eigenvalue weighted by molar-refractivity contribution is 5.72. The summed E-state index contributed by atoms with van der Waals surface area (Å²) in [5, 5.41) is 14.8. The van der Waals surface area contributed by atoms with E-state index in [2.05, 4.69) is 10.6 Å². The van der Waals surface area contributed by atoms with Gasteiger partial charge in [0.05, 0.1) is 6.10 Å².